The molecule has 0 radical (unpaired) electrons. The van der Waals surface area contributed by atoms with Gasteiger partial charge in [-0.15, -0.1) is 11.3 Å². The molecule has 2 heterocycles. The first-order valence-corrected chi connectivity index (χ1v) is 9.50. The van der Waals surface area contributed by atoms with E-state index >= 15 is 0 Å². The van der Waals surface area contributed by atoms with Crippen molar-refractivity contribution < 1.29 is 9.32 Å². The number of benzene rings is 2. The van der Waals surface area contributed by atoms with Gasteiger partial charge in [0.05, 0.1) is 16.1 Å². The molecular formula is C21H17N3O2S. The Kier molecular flexibility index (Phi) is 4.80. The molecule has 0 bridgehead atoms. The molecule has 0 aliphatic carbocycles. The fourth-order valence-corrected chi connectivity index (χ4v) is 3.35. The van der Waals surface area contributed by atoms with E-state index in [9.17, 15) is 4.79 Å². The summed E-state index contributed by atoms with van der Waals surface area (Å²) in [6.07, 6.45) is 0.939. The van der Waals surface area contributed by atoms with Crippen molar-refractivity contribution in [2.24, 2.45) is 0 Å². The lowest BCUT2D eigenvalue weighted by molar-refractivity contribution is 0.102. The third-order valence-electron chi connectivity index (χ3n) is 4.20. The van der Waals surface area contributed by atoms with Crippen LogP contribution < -0.4 is 5.32 Å². The predicted octanol–water partition coefficient (Wildman–Crippen LogP) is 5.28. The number of hydrogen-bond acceptors (Lipinski definition) is 5. The molecule has 0 atom stereocenters. The molecule has 0 unspecified atom stereocenters. The maximum Gasteiger partial charge on any atom is 0.260 e. The Hall–Kier alpha value is -3.25. The van der Waals surface area contributed by atoms with Crippen LogP contribution in [0.4, 0.5) is 5.69 Å². The summed E-state index contributed by atoms with van der Waals surface area (Å²) in [6, 6.07) is 18.9. The van der Waals surface area contributed by atoms with Crippen LogP contribution in [-0.2, 0) is 6.42 Å². The fourth-order valence-electron chi connectivity index (χ4n) is 2.70. The van der Waals surface area contributed by atoms with Crippen LogP contribution in [0.3, 0.4) is 0 Å². The van der Waals surface area contributed by atoms with Crippen molar-refractivity contribution in [3.8, 4) is 22.2 Å². The molecule has 6 heteroatoms. The summed E-state index contributed by atoms with van der Waals surface area (Å²) in [4.78, 5) is 18.0. The smallest absolute Gasteiger partial charge is 0.260 e. The van der Waals surface area contributed by atoms with Crippen LogP contribution in [0, 0.1) is 0 Å². The van der Waals surface area contributed by atoms with E-state index < -0.39 is 0 Å². The van der Waals surface area contributed by atoms with E-state index in [0.29, 0.717) is 28.5 Å². The maximum absolute atomic E-state index is 12.6. The van der Waals surface area contributed by atoms with Gasteiger partial charge in [0, 0.05) is 5.56 Å². The minimum atomic E-state index is -0.178. The van der Waals surface area contributed by atoms with Crippen LogP contribution in [0.5, 0.6) is 0 Å². The third kappa shape index (κ3) is 3.66. The Labute approximate surface area is 160 Å². The van der Waals surface area contributed by atoms with Gasteiger partial charge in [0.1, 0.15) is 0 Å². The topological polar surface area (TPSA) is 68.0 Å². The molecule has 27 heavy (non-hydrogen) atoms. The number of hydrogen-bond donors (Lipinski definition) is 1. The average Bonchev–Trinajstić information content (AvgIpc) is 3.40. The Balaban J connectivity index is 1.60. The number of carbonyl (C=O) groups excluding carboxylic acids is 1. The molecule has 2 aromatic heterocycles. The lowest BCUT2D eigenvalue weighted by atomic mass is 10.1. The maximum atomic E-state index is 12.6. The van der Waals surface area contributed by atoms with E-state index in [0.717, 1.165) is 11.3 Å². The van der Waals surface area contributed by atoms with Crippen molar-refractivity contribution in [2.45, 2.75) is 13.3 Å². The Morgan fingerprint density at radius 2 is 1.89 bits per heavy atom. The van der Waals surface area contributed by atoms with E-state index in [2.05, 4.69) is 22.4 Å². The normalized spacial score (nSPS) is 10.7. The first-order chi connectivity index (χ1) is 13.2. The standard InChI is InChI=1S/C21H17N3O2S/c1-2-14-9-11-15(12-10-14)20(25)22-17-7-4-3-6-16(17)21-23-19(24-26-21)18-8-5-13-27-18/h3-13H,2H2,1H3,(H,22,25). The van der Waals surface area contributed by atoms with Crippen LogP contribution in [0.1, 0.15) is 22.8 Å². The molecule has 0 saturated carbocycles. The van der Waals surface area contributed by atoms with Crippen LogP contribution in [0.15, 0.2) is 70.6 Å². The summed E-state index contributed by atoms with van der Waals surface area (Å²) < 4.78 is 5.43. The first kappa shape index (κ1) is 17.2. The summed E-state index contributed by atoms with van der Waals surface area (Å²) in [6.45, 7) is 2.08. The molecule has 134 valence electrons. The lowest BCUT2D eigenvalue weighted by Crippen LogP contribution is -2.12. The summed E-state index contributed by atoms with van der Waals surface area (Å²) in [5, 5.41) is 8.95. The van der Waals surface area contributed by atoms with Crippen molar-refractivity contribution >= 4 is 22.9 Å². The predicted molar refractivity (Wildman–Crippen MR) is 107 cm³/mol. The molecule has 0 saturated heterocycles. The average molecular weight is 375 g/mol. The SMILES string of the molecule is CCc1ccc(C(=O)Nc2ccccc2-c2nc(-c3cccs3)no2)cc1. The molecule has 2 aromatic carbocycles. The van der Waals surface area contributed by atoms with Crippen molar-refractivity contribution in [2.75, 3.05) is 5.32 Å². The highest BCUT2D eigenvalue weighted by Gasteiger charge is 2.16. The van der Waals surface area contributed by atoms with E-state index in [4.69, 9.17) is 4.52 Å². The van der Waals surface area contributed by atoms with Gasteiger partial charge in [-0.3, -0.25) is 4.79 Å². The van der Waals surface area contributed by atoms with Crippen LogP contribution in [-0.4, -0.2) is 16.0 Å². The second-order valence-electron chi connectivity index (χ2n) is 5.95. The van der Waals surface area contributed by atoms with Crippen molar-refractivity contribution in [1.82, 2.24) is 10.1 Å². The molecule has 0 aliphatic rings. The highest BCUT2D eigenvalue weighted by molar-refractivity contribution is 7.13. The second-order valence-corrected chi connectivity index (χ2v) is 6.90. The molecule has 4 aromatic rings. The van der Waals surface area contributed by atoms with Gasteiger partial charge in [-0.2, -0.15) is 4.98 Å². The van der Waals surface area contributed by atoms with E-state index in [1.165, 1.54) is 5.56 Å². The summed E-state index contributed by atoms with van der Waals surface area (Å²) in [5.74, 6) is 0.731. The molecule has 1 N–H and O–H groups in total. The van der Waals surface area contributed by atoms with Gasteiger partial charge in [-0.1, -0.05) is 42.4 Å². The highest BCUT2D eigenvalue weighted by atomic mass is 32.1. The lowest BCUT2D eigenvalue weighted by Gasteiger charge is -2.09. The molecule has 0 spiro atoms. The number of aryl methyl sites for hydroxylation is 1. The molecular weight excluding hydrogens is 358 g/mol. The highest BCUT2D eigenvalue weighted by Crippen LogP contribution is 2.30. The summed E-state index contributed by atoms with van der Waals surface area (Å²) in [5.41, 5.74) is 3.11. The van der Waals surface area contributed by atoms with Crippen molar-refractivity contribution in [3.63, 3.8) is 0 Å². The van der Waals surface area contributed by atoms with E-state index in [1.54, 1.807) is 11.3 Å². The number of nitrogens with one attached hydrogen (secondary N) is 1. The van der Waals surface area contributed by atoms with Crippen molar-refractivity contribution in [3.05, 3.63) is 77.2 Å². The Morgan fingerprint density at radius 1 is 1.07 bits per heavy atom. The molecule has 0 fully saturated rings. The zero-order valence-corrected chi connectivity index (χ0v) is 15.5. The summed E-state index contributed by atoms with van der Waals surface area (Å²) >= 11 is 1.54. The fraction of sp³-hybridized carbons (Fsp3) is 0.0952. The molecule has 5 nitrogen and oxygen atoms in total. The van der Waals surface area contributed by atoms with E-state index in [1.807, 2.05) is 66.0 Å². The number of nitrogens with zero attached hydrogens (tertiary/aromatic N) is 2. The molecule has 0 aliphatic heterocycles. The quantitative estimate of drug-likeness (QED) is 0.515. The van der Waals surface area contributed by atoms with Crippen LogP contribution >= 0.6 is 11.3 Å². The summed E-state index contributed by atoms with van der Waals surface area (Å²) in [7, 11) is 0. The number of aromatic nitrogens is 2. The zero-order valence-electron chi connectivity index (χ0n) is 14.7. The number of para-hydroxylation sites is 1. The number of amides is 1. The van der Waals surface area contributed by atoms with Crippen molar-refractivity contribution in [1.29, 1.82) is 0 Å². The number of anilines is 1. The minimum absolute atomic E-state index is 0.178. The van der Waals surface area contributed by atoms with Gasteiger partial charge >= 0.3 is 0 Å². The number of carbonyl (C=O) groups is 1. The van der Waals surface area contributed by atoms with Gasteiger partial charge < -0.3 is 9.84 Å². The van der Waals surface area contributed by atoms with Crippen LogP contribution in [0.25, 0.3) is 22.2 Å². The monoisotopic (exact) mass is 375 g/mol. The zero-order chi connectivity index (χ0) is 18.6. The minimum Gasteiger partial charge on any atom is -0.334 e. The molecule has 1 amide bonds. The van der Waals surface area contributed by atoms with Gasteiger partial charge in [-0.25, -0.2) is 0 Å². The largest absolute Gasteiger partial charge is 0.334 e. The first-order valence-electron chi connectivity index (χ1n) is 8.62. The number of thiophene rings is 1. The van der Waals surface area contributed by atoms with Gasteiger partial charge in [0.2, 0.25) is 5.82 Å². The Bertz CT molecular complexity index is 1050. The Morgan fingerprint density at radius 3 is 2.63 bits per heavy atom. The van der Waals surface area contributed by atoms with Gasteiger partial charge in [-0.05, 0) is 47.7 Å². The van der Waals surface area contributed by atoms with E-state index in [-0.39, 0.29) is 5.91 Å². The van der Waals surface area contributed by atoms with Gasteiger partial charge in [0.25, 0.3) is 11.8 Å². The second kappa shape index (κ2) is 7.55. The molecule has 4 rings (SSSR count). The van der Waals surface area contributed by atoms with Gasteiger partial charge in [0.15, 0.2) is 0 Å². The number of rotatable bonds is 5. The third-order valence-corrected chi connectivity index (χ3v) is 5.06. The van der Waals surface area contributed by atoms with Crippen LogP contribution in [0.2, 0.25) is 0 Å².